The van der Waals surface area contributed by atoms with Crippen LogP contribution in [0, 0.1) is 0 Å². The van der Waals surface area contributed by atoms with Crippen LogP contribution in [0.2, 0.25) is 5.15 Å². The molecule has 0 unspecified atom stereocenters. The van der Waals surface area contributed by atoms with Gasteiger partial charge in [-0.3, -0.25) is 0 Å². The van der Waals surface area contributed by atoms with Gasteiger partial charge in [0.1, 0.15) is 0 Å². The van der Waals surface area contributed by atoms with Gasteiger partial charge >= 0.3 is 0 Å². The van der Waals surface area contributed by atoms with Gasteiger partial charge in [0.2, 0.25) is 0 Å². The number of anilines is 1. The van der Waals surface area contributed by atoms with E-state index in [9.17, 15) is 0 Å². The summed E-state index contributed by atoms with van der Waals surface area (Å²) in [4.78, 5) is 0. The summed E-state index contributed by atoms with van der Waals surface area (Å²) in [6, 6.07) is 0.399. The van der Waals surface area contributed by atoms with Crippen molar-refractivity contribution in [1.82, 2.24) is 8.75 Å². The van der Waals surface area contributed by atoms with Gasteiger partial charge in [0.15, 0.2) is 11.0 Å². The maximum absolute atomic E-state index is 5.72. The van der Waals surface area contributed by atoms with Gasteiger partial charge in [0.05, 0.1) is 11.7 Å². The van der Waals surface area contributed by atoms with Crippen LogP contribution in [0.1, 0.15) is 20.3 Å². The van der Waals surface area contributed by atoms with Crippen LogP contribution in [-0.4, -0.2) is 14.8 Å². The van der Waals surface area contributed by atoms with E-state index in [1.807, 2.05) is 0 Å². The van der Waals surface area contributed by atoms with E-state index in [4.69, 9.17) is 11.6 Å². The number of aromatic nitrogens is 2. The molecule has 0 aromatic carbocycles. The summed E-state index contributed by atoms with van der Waals surface area (Å²) in [6.07, 6.45) is 1.05. The number of hydrogen-bond acceptors (Lipinski definition) is 4. The summed E-state index contributed by atoms with van der Waals surface area (Å²) in [5.41, 5.74) is 0. The van der Waals surface area contributed by atoms with Crippen molar-refractivity contribution in [1.29, 1.82) is 0 Å². The van der Waals surface area contributed by atoms with Gasteiger partial charge in [-0.25, -0.2) is 0 Å². The predicted octanol–water partition coefficient (Wildman–Crippen LogP) is 2.40. The third kappa shape index (κ3) is 2.31. The molecule has 0 saturated carbocycles. The standard InChI is InChI=1S/C6H10ClN3S/c1-3-4(2)8-6-5(7)9-11-10-6/h4H,3H2,1-2H3,(H,8,10)/t4-/m0/s1. The van der Waals surface area contributed by atoms with Crippen molar-refractivity contribution in [3.63, 3.8) is 0 Å². The van der Waals surface area contributed by atoms with Crippen LogP contribution in [0.15, 0.2) is 0 Å². The molecule has 0 saturated heterocycles. The maximum atomic E-state index is 5.72. The zero-order chi connectivity index (χ0) is 8.27. The topological polar surface area (TPSA) is 37.8 Å². The fourth-order valence-electron chi connectivity index (χ4n) is 0.599. The highest BCUT2D eigenvalue weighted by Crippen LogP contribution is 2.18. The average molecular weight is 192 g/mol. The second-order valence-corrected chi connectivity index (χ2v) is 3.24. The Morgan fingerprint density at radius 2 is 2.36 bits per heavy atom. The predicted molar refractivity (Wildman–Crippen MR) is 48.3 cm³/mol. The lowest BCUT2D eigenvalue weighted by molar-refractivity contribution is 0.761. The number of hydrogen-bond donors (Lipinski definition) is 1. The first-order valence-corrected chi connectivity index (χ1v) is 4.59. The van der Waals surface area contributed by atoms with Crippen molar-refractivity contribution >= 4 is 29.1 Å². The third-order valence-electron chi connectivity index (χ3n) is 1.44. The van der Waals surface area contributed by atoms with Gasteiger partial charge in [-0.15, -0.1) is 0 Å². The molecule has 1 rings (SSSR count). The highest BCUT2D eigenvalue weighted by Gasteiger charge is 2.06. The van der Waals surface area contributed by atoms with Gasteiger partial charge in [0, 0.05) is 6.04 Å². The second kappa shape index (κ2) is 3.88. The Kier molecular flexibility index (Phi) is 3.08. The Morgan fingerprint density at radius 1 is 1.64 bits per heavy atom. The van der Waals surface area contributed by atoms with Crippen LogP contribution in [0.3, 0.4) is 0 Å². The zero-order valence-corrected chi connectivity index (χ0v) is 8.04. The Morgan fingerprint density at radius 3 is 2.82 bits per heavy atom. The Bertz CT molecular complexity index is 225. The minimum Gasteiger partial charge on any atom is -0.364 e. The summed E-state index contributed by atoms with van der Waals surface area (Å²) in [7, 11) is 0. The normalized spacial score (nSPS) is 13.0. The van der Waals surface area contributed by atoms with E-state index < -0.39 is 0 Å². The Hall–Kier alpha value is -0.350. The largest absolute Gasteiger partial charge is 0.364 e. The molecule has 0 spiro atoms. The second-order valence-electron chi connectivity index (χ2n) is 2.36. The highest BCUT2D eigenvalue weighted by molar-refractivity contribution is 6.99. The third-order valence-corrected chi connectivity index (χ3v) is 2.34. The first-order valence-electron chi connectivity index (χ1n) is 3.48. The van der Waals surface area contributed by atoms with Crippen LogP contribution in [0.4, 0.5) is 5.82 Å². The first kappa shape index (κ1) is 8.74. The minimum absolute atomic E-state index is 0.399. The van der Waals surface area contributed by atoms with Gasteiger partial charge in [-0.1, -0.05) is 18.5 Å². The SMILES string of the molecule is CC[C@H](C)Nc1nsnc1Cl. The van der Waals surface area contributed by atoms with E-state index in [0.29, 0.717) is 17.0 Å². The van der Waals surface area contributed by atoms with Crippen LogP contribution in [0.5, 0.6) is 0 Å². The number of nitrogens with zero attached hydrogens (tertiary/aromatic N) is 2. The smallest absolute Gasteiger partial charge is 0.186 e. The number of halogens is 1. The van der Waals surface area contributed by atoms with Crippen molar-refractivity contribution < 1.29 is 0 Å². The van der Waals surface area contributed by atoms with E-state index >= 15 is 0 Å². The lowest BCUT2D eigenvalue weighted by atomic mass is 10.3. The summed E-state index contributed by atoms with van der Waals surface area (Å²) >= 11 is 6.84. The van der Waals surface area contributed by atoms with Crippen molar-refractivity contribution in [2.24, 2.45) is 0 Å². The molecule has 0 aliphatic carbocycles. The van der Waals surface area contributed by atoms with E-state index in [2.05, 4.69) is 27.9 Å². The maximum Gasteiger partial charge on any atom is 0.186 e. The molecule has 0 fully saturated rings. The Balaban J connectivity index is 2.56. The summed E-state index contributed by atoms with van der Waals surface area (Å²) in [6.45, 7) is 4.18. The molecule has 62 valence electrons. The van der Waals surface area contributed by atoms with Crippen LogP contribution in [-0.2, 0) is 0 Å². The zero-order valence-electron chi connectivity index (χ0n) is 6.47. The molecule has 0 radical (unpaired) electrons. The molecular formula is C6H10ClN3S. The van der Waals surface area contributed by atoms with Crippen LogP contribution >= 0.6 is 23.3 Å². The van der Waals surface area contributed by atoms with E-state index in [1.54, 1.807) is 0 Å². The molecule has 1 aromatic heterocycles. The molecule has 1 atom stereocenters. The van der Waals surface area contributed by atoms with Crippen LogP contribution in [0.25, 0.3) is 0 Å². The van der Waals surface area contributed by atoms with E-state index in [0.717, 1.165) is 18.1 Å². The van der Waals surface area contributed by atoms with Crippen molar-refractivity contribution in [3.8, 4) is 0 Å². The summed E-state index contributed by atoms with van der Waals surface area (Å²) in [5.74, 6) is 0.700. The molecule has 5 heteroatoms. The molecule has 0 amide bonds. The Labute approximate surface area is 75.1 Å². The van der Waals surface area contributed by atoms with Gasteiger partial charge < -0.3 is 5.32 Å². The molecule has 1 N–H and O–H groups in total. The van der Waals surface area contributed by atoms with Crippen LogP contribution < -0.4 is 5.32 Å². The van der Waals surface area contributed by atoms with Gasteiger partial charge in [-0.2, -0.15) is 8.75 Å². The van der Waals surface area contributed by atoms with Crippen molar-refractivity contribution in [3.05, 3.63) is 5.15 Å². The van der Waals surface area contributed by atoms with E-state index in [-0.39, 0.29) is 0 Å². The lowest BCUT2D eigenvalue weighted by Gasteiger charge is -2.08. The monoisotopic (exact) mass is 191 g/mol. The number of rotatable bonds is 3. The van der Waals surface area contributed by atoms with Crippen molar-refractivity contribution in [2.45, 2.75) is 26.3 Å². The molecule has 1 heterocycles. The molecule has 11 heavy (non-hydrogen) atoms. The molecule has 0 bridgehead atoms. The van der Waals surface area contributed by atoms with Gasteiger partial charge in [0.25, 0.3) is 0 Å². The van der Waals surface area contributed by atoms with Crippen molar-refractivity contribution in [2.75, 3.05) is 5.32 Å². The average Bonchev–Trinajstić information content (AvgIpc) is 2.37. The quantitative estimate of drug-likeness (QED) is 0.798. The molecule has 0 aliphatic heterocycles. The highest BCUT2D eigenvalue weighted by atomic mass is 35.5. The van der Waals surface area contributed by atoms with Gasteiger partial charge in [-0.05, 0) is 13.3 Å². The molecule has 3 nitrogen and oxygen atoms in total. The fraction of sp³-hybridized carbons (Fsp3) is 0.667. The first-order chi connectivity index (χ1) is 5.24. The molecule has 1 aromatic rings. The number of nitrogens with one attached hydrogen (secondary N) is 1. The fourth-order valence-corrected chi connectivity index (χ4v) is 1.26. The summed E-state index contributed by atoms with van der Waals surface area (Å²) < 4.78 is 7.83. The minimum atomic E-state index is 0.399. The lowest BCUT2D eigenvalue weighted by Crippen LogP contribution is -2.13. The van der Waals surface area contributed by atoms with E-state index in [1.165, 1.54) is 0 Å². The molecule has 0 aliphatic rings. The molecular weight excluding hydrogens is 182 g/mol. The summed E-state index contributed by atoms with van der Waals surface area (Å²) in [5, 5.41) is 3.61.